The third-order valence-electron chi connectivity index (χ3n) is 3.85. The second-order valence-corrected chi connectivity index (χ2v) is 7.16. The molecule has 1 saturated heterocycles. The van der Waals surface area contributed by atoms with Crippen molar-refractivity contribution in [2.24, 2.45) is 0 Å². The summed E-state index contributed by atoms with van der Waals surface area (Å²) in [5.74, 6) is -0.0977. The van der Waals surface area contributed by atoms with E-state index in [1.54, 1.807) is 29.7 Å². The fourth-order valence-corrected chi connectivity index (χ4v) is 3.67. The third-order valence-corrected chi connectivity index (χ3v) is 5.01. The Morgan fingerprint density at radius 2 is 2.38 bits per heavy atom. The molecule has 3 heterocycles. The van der Waals surface area contributed by atoms with Gasteiger partial charge in [-0.2, -0.15) is 0 Å². The van der Waals surface area contributed by atoms with Crippen LogP contribution in [-0.4, -0.2) is 41.6 Å². The highest BCUT2D eigenvalue weighted by Gasteiger charge is 2.21. The maximum atomic E-state index is 12.4. The number of pyridine rings is 1. The van der Waals surface area contributed by atoms with Crippen molar-refractivity contribution < 1.29 is 9.53 Å². The fourth-order valence-electron chi connectivity index (χ4n) is 2.76. The van der Waals surface area contributed by atoms with Crippen molar-refractivity contribution in [2.45, 2.75) is 25.5 Å². The van der Waals surface area contributed by atoms with E-state index in [4.69, 9.17) is 16.3 Å². The number of amides is 1. The molecule has 0 unspecified atom stereocenters. The zero-order chi connectivity index (χ0) is 16.8. The van der Waals surface area contributed by atoms with E-state index >= 15 is 0 Å². The molecule has 5 nitrogen and oxygen atoms in total. The normalized spacial score (nSPS) is 17.3. The van der Waals surface area contributed by atoms with Crippen molar-refractivity contribution in [1.29, 1.82) is 0 Å². The van der Waals surface area contributed by atoms with Gasteiger partial charge >= 0.3 is 0 Å². The van der Waals surface area contributed by atoms with Crippen molar-refractivity contribution in [3.63, 3.8) is 0 Å². The summed E-state index contributed by atoms with van der Waals surface area (Å²) in [6, 6.07) is 7.61. The first-order valence-corrected chi connectivity index (χ1v) is 9.23. The highest BCUT2D eigenvalue weighted by atomic mass is 35.5. The molecule has 1 N–H and O–H groups in total. The molecule has 3 rings (SSSR count). The summed E-state index contributed by atoms with van der Waals surface area (Å²) in [6.45, 7) is 2.61. The number of hydrogen-bond donors (Lipinski definition) is 1. The van der Waals surface area contributed by atoms with Crippen LogP contribution in [0, 0.1) is 0 Å². The van der Waals surface area contributed by atoms with Gasteiger partial charge < -0.3 is 10.1 Å². The third kappa shape index (κ3) is 5.01. The lowest BCUT2D eigenvalue weighted by molar-refractivity contribution is -0.117. The number of nitrogens with zero attached hydrogens (tertiary/aromatic N) is 2. The molecule has 1 amide bonds. The predicted octanol–water partition coefficient (Wildman–Crippen LogP) is 3.42. The van der Waals surface area contributed by atoms with E-state index in [1.165, 1.54) is 4.88 Å². The van der Waals surface area contributed by atoms with Crippen molar-refractivity contribution in [3.05, 3.63) is 45.9 Å². The molecule has 1 aliphatic heterocycles. The van der Waals surface area contributed by atoms with Crippen molar-refractivity contribution >= 4 is 34.5 Å². The van der Waals surface area contributed by atoms with Gasteiger partial charge in [-0.05, 0) is 36.4 Å². The van der Waals surface area contributed by atoms with Crippen molar-refractivity contribution in [3.8, 4) is 0 Å². The first-order valence-electron chi connectivity index (χ1n) is 7.97. The number of ether oxygens (including phenoxy) is 1. The summed E-state index contributed by atoms with van der Waals surface area (Å²) >= 11 is 7.70. The molecule has 0 aliphatic carbocycles. The van der Waals surface area contributed by atoms with Crippen LogP contribution in [0.2, 0.25) is 5.15 Å². The summed E-state index contributed by atoms with van der Waals surface area (Å²) < 4.78 is 5.72. The van der Waals surface area contributed by atoms with Crippen molar-refractivity contribution in [2.75, 3.05) is 25.0 Å². The lowest BCUT2D eigenvalue weighted by atomic mass is 10.2. The molecule has 1 atom stereocenters. The molecule has 0 bridgehead atoms. The van der Waals surface area contributed by atoms with E-state index in [9.17, 15) is 4.79 Å². The largest absolute Gasteiger partial charge is 0.377 e. The molecule has 128 valence electrons. The summed E-state index contributed by atoms with van der Waals surface area (Å²) in [4.78, 5) is 19.7. The zero-order valence-corrected chi connectivity index (χ0v) is 14.9. The second kappa shape index (κ2) is 8.58. The predicted molar refractivity (Wildman–Crippen MR) is 96.4 cm³/mol. The molecule has 0 saturated carbocycles. The fraction of sp³-hybridized carbons (Fsp3) is 0.412. The van der Waals surface area contributed by atoms with Crippen LogP contribution in [0.1, 0.15) is 17.7 Å². The Morgan fingerprint density at radius 1 is 1.46 bits per heavy atom. The van der Waals surface area contributed by atoms with E-state index in [0.717, 1.165) is 32.5 Å². The van der Waals surface area contributed by atoms with Gasteiger partial charge in [0.1, 0.15) is 0 Å². The summed E-state index contributed by atoms with van der Waals surface area (Å²) in [7, 11) is 0. The van der Waals surface area contributed by atoms with E-state index in [0.29, 0.717) is 17.4 Å². The number of carbonyl (C=O) groups excluding carboxylic acids is 1. The highest BCUT2D eigenvalue weighted by Crippen LogP contribution is 2.19. The Balaban J connectivity index is 1.61. The number of anilines is 1. The zero-order valence-electron chi connectivity index (χ0n) is 13.3. The van der Waals surface area contributed by atoms with Crippen molar-refractivity contribution in [1.82, 2.24) is 9.88 Å². The average Bonchev–Trinajstić information content (AvgIpc) is 3.23. The molecule has 24 heavy (non-hydrogen) atoms. The molecular formula is C17H20ClN3O2S. The Bertz CT molecular complexity index is 660. The van der Waals surface area contributed by atoms with Gasteiger partial charge in [0, 0.05) is 30.8 Å². The van der Waals surface area contributed by atoms with Crippen LogP contribution in [0.25, 0.3) is 0 Å². The number of hydrogen-bond acceptors (Lipinski definition) is 5. The number of aromatic nitrogens is 1. The van der Waals surface area contributed by atoms with Crippen LogP contribution >= 0.6 is 22.9 Å². The first-order chi connectivity index (χ1) is 11.7. The standard InChI is InChI=1S/C17H20ClN3O2S/c18-17-15(6-1-7-19-17)20-16(22)12-21(10-13-4-2-8-23-13)11-14-5-3-9-24-14/h1,3,5-7,9,13H,2,4,8,10-12H2,(H,20,22)/t13-/m1/s1. The minimum atomic E-state index is -0.0977. The Kier molecular flexibility index (Phi) is 6.20. The van der Waals surface area contributed by atoms with E-state index in [2.05, 4.69) is 26.6 Å². The Hall–Kier alpha value is -1.47. The number of nitrogens with one attached hydrogen (secondary N) is 1. The number of thiophene rings is 1. The molecule has 2 aromatic heterocycles. The molecular weight excluding hydrogens is 346 g/mol. The Labute approximate surface area is 150 Å². The molecule has 1 fully saturated rings. The van der Waals surface area contributed by atoms with E-state index in [-0.39, 0.29) is 12.0 Å². The van der Waals surface area contributed by atoms with Crippen LogP contribution in [0.3, 0.4) is 0 Å². The molecule has 0 radical (unpaired) electrons. The number of halogens is 1. The topological polar surface area (TPSA) is 54.5 Å². The minimum absolute atomic E-state index is 0.0977. The van der Waals surface area contributed by atoms with Crippen LogP contribution in [0.15, 0.2) is 35.8 Å². The molecule has 0 aromatic carbocycles. The van der Waals surface area contributed by atoms with Gasteiger partial charge in [0.2, 0.25) is 5.91 Å². The lowest BCUT2D eigenvalue weighted by Crippen LogP contribution is -2.37. The molecule has 0 spiro atoms. The second-order valence-electron chi connectivity index (χ2n) is 5.77. The lowest BCUT2D eigenvalue weighted by Gasteiger charge is -2.24. The average molecular weight is 366 g/mol. The maximum Gasteiger partial charge on any atom is 0.238 e. The van der Waals surface area contributed by atoms with Gasteiger partial charge in [0.05, 0.1) is 18.3 Å². The highest BCUT2D eigenvalue weighted by molar-refractivity contribution is 7.09. The minimum Gasteiger partial charge on any atom is -0.377 e. The smallest absolute Gasteiger partial charge is 0.238 e. The molecule has 7 heteroatoms. The SMILES string of the molecule is O=C(CN(Cc1cccs1)C[C@H]1CCCO1)Nc1cccnc1Cl. The van der Waals surface area contributed by atoms with Crippen LogP contribution < -0.4 is 5.32 Å². The van der Waals surface area contributed by atoms with Crippen LogP contribution in [0.4, 0.5) is 5.69 Å². The maximum absolute atomic E-state index is 12.4. The van der Waals surface area contributed by atoms with Crippen LogP contribution in [0.5, 0.6) is 0 Å². The summed E-state index contributed by atoms with van der Waals surface area (Å²) in [5, 5.41) is 5.18. The number of rotatable bonds is 7. The van der Waals surface area contributed by atoms with Gasteiger partial charge in [0.25, 0.3) is 0 Å². The molecule has 2 aromatic rings. The quantitative estimate of drug-likeness (QED) is 0.764. The first kappa shape index (κ1) is 17.4. The summed E-state index contributed by atoms with van der Waals surface area (Å²) in [6.07, 6.45) is 3.95. The van der Waals surface area contributed by atoms with E-state index in [1.807, 2.05) is 6.07 Å². The molecule has 1 aliphatic rings. The summed E-state index contributed by atoms with van der Waals surface area (Å²) in [5.41, 5.74) is 0.539. The monoisotopic (exact) mass is 365 g/mol. The number of carbonyl (C=O) groups is 1. The van der Waals surface area contributed by atoms with E-state index < -0.39 is 0 Å². The van der Waals surface area contributed by atoms with Crippen LogP contribution in [-0.2, 0) is 16.1 Å². The van der Waals surface area contributed by atoms with Gasteiger partial charge in [-0.25, -0.2) is 4.98 Å². The van der Waals surface area contributed by atoms with Gasteiger partial charge in [-0.15, -0.1) is 11.3 Å². The Morgan fingerprint density at radius 3 is 3.08 bits per heavy atom. The van der Waals surface area contributed by atoms with Gasteiger partial charge in [-0.3, -0.25) is 9.69 Å². The van der Waals surface area contributed by atoms with Gasteiger partial charge in [-0.1, -0.05) is 17.7 Å². The van der Waals surface area contributed by atoms with Gasteiger partial charge in [0.15, 0.2) is 5.15 Å².